The van der Waals surface area contributed by atoms with Gasteiger partial charge in [-0.05, 0) is 49.8 Å². The van der Waals surface area contributed by atoms with E-state index in [1.54, 1.807) is 17.1 Å². The molecule has 3 rings (SSSR count). The Morgan fingerprint density at radius 2 is 1.93 bits per heavy atom. The second-order valence-corrected chi connectivity index (χ2v) is 8.02. The number of aromatic carboxylic acids is 1. The summed E-state index contributed by atoms with van der Waals surface area (Å²) < 4.78 is 7.07. The van der Waals surface area contributed by atoms with Crippen LogP contribution in [0.4, 0.5) is 4.79 Å². The van der Waals surface area contributed by atoms with Crippen molar-refractivity contribution in [3.05, 3.63) is 52.5 Å². The first-order valence-corrected chi connectivity index (χ1v) is 9.63. The van der Waals surface area contributed by atoms with E-state index in [0.717, 1.165) is 17.5 Å². The van der Waals surface area contributed by atoms with Gasteiger partial charge >= 0.3 is 12.0 Å². The average Bonchev–Trinajstić information content (AvgIpc) is 3.26. The number of carboxylic acid groups (broad SMARTS) is 1. The number of halogens is 2. The van der Waals surface area contributed by atoms with Crippen LogP contribution in [0.1, 0.15) is 30.3 Å². The van der Waals surface area contributed by atoms with Gasteiger partial charge in [0.1, 0.15) is 0 Å². The predicted molar refractivity (Wildman–Crippen MR) is 105 cm³/mol. The molecule has 2 aliphatic rings. The Balaban J connectivity index is 1.54. The molecule has 1 saturated heterocycles. The first kappa shape index (κ1) is 20.5. The zero-order valence-corrected chi connectivity index (χ0v) is 16.9. The Kier molecular flexibility index (Phi) is 6.15. The molecule has 1 amide bonds. The molecule has 1 aromatic rings. The Morgan fingerprint density at radius 1 is 1.29 bits per heavy atom. The minimum Gasteiger partial charge on any atom is -0.495 e. The molecule has 0 radical (unpaired) electrons. The van der Waals surface area contributed by atoms with E-state index >= 15 is 0 Å². The normalized spacial score (nSPS) is 25.0. The highest BCUT2D eigenvalue weighted by molar-refractivity contribution is 6.35. The van der Waals surface area contributed by atoms with Crippen LogP contribution in [-0.4, -0.2) is 51.0 Å². The SMILES string of the molecule is C=C(Cl)/C=C(Cl)\C=C(/C)O[C@H]1C[C@@H]2CN(C(=O)n3ccc(C(=O)O)n3)C[C@@H]2C1. The van der Waals surface area contributed by atoms with E-state index in [4.69, 9.17) is 33.0 Å². The van der Waals surface area contributed by atoms with E-state index < -0.39 is 5.97 Å². The van der Waals surface area contributed by atoms with E-state index in [0.29, 0.717) is 40.7 Å². The Bertz CT molecular complexity index is 847. The van der Waals surface area contributed by atoms with Crippen molar-refractivity contribution in [2.45, 2.75) is 25.9 Å². The van der Waals surface area contributed by atoms with E-state index in [1.165, 1.54) is 12.3 Å². The van der Waals surface area contributed by atoms with Crippen LogP contribution in [0.5, 0.6) is 0 Å². The van der Waals surface area contributed by atoms with E-state index in [2.05, 4.69) is 11.7 Å². The number of allylic oxidation sites excluding steroid dienone is 5. The van der Waals surface area contributed by atoms with Gasteiger partial charge in [-0.1, -0.05) is 29.8 Å². The molecule has 1 aliphatic heterocycles. The van der Waals surface area contributed by atoms with Crippen molar-refractivity contribution in [1.29, 1.82) is 0 Å². The van der Waals surface area contributed by atoms with Crippen LogP contribution in [0, 0.1) is 11.8 Å². The van der Waals surface area contributed by atoms with Crippen LogP contribution in [0.3, 0.4) is 0 Å². The van der Waals surface area contributed by atoms with Crippen LogP contribution in [0.15, 0.2) is 46.8 Å². The van der Waals surface area contributed by atoms with Crippen LogP contribution in [0.25, 0.3) is 0 Å². The van der Waals surface area contributed by atoms with Crippen LogP contribution >= 0.6 is 23.2 Å². The van der Waals surface area contributed by atoms with Gasteiger partial charge in [0.05, 0.1) is 11.9 Å². The molecule has 2 fully saturated rings. The highest BCUT2D eigenvalue weighted by Crippen LogP contribution is 2.40. The summed E-state index contributed by atoms with van der Waals surface area (Å²) in [6.07, 6.45) is 6.42. The molecule has 0 aromatic carbocycles. The molecule has 28 heavy (non-hydrogen) atoms. The van der Waals surface area contributed by atoms with Gasteiger partial charge in [0.15, 0.2) is 5.69 Å². The van der Waals surface area contributed by atoms with Gasteiger partial charge in [0, 0.05) is 29.4 Å². The van der Waals surface area contributed by atoms with Crippen molar-refractivity contribution in [2.24, 2.45) is 11.8 Å². The molecule has 9 heteroatoms. The third-order valence-corrected chi connectivity index (χ3v) is 5.30. The molecule has 0 unspecified atom stereocenters. The lowest BCUT2D eigenvalue weighted by Gasteiger charge is -2.20. The fourth-order valence-corrected chi connectivity index (χ4v) is 4.33. The molecule has 150 valence electrons. The topological polar surface area (TPSA) is 84.7 Å². The number of nitrogens with zero attached hydrogens (tertiary/aromatic N) is 3. The number of carbonyl (C=O) groups is 2. The standard InChI is InChI=1S/C19H21Cl2N3O4/c1-11(20)5-15(21)6-12(2)28-16-7-13-9-23(10-14(13)8-16)19(27)24-4-3-17(22-24)18(25)26/h3-6,13-14,16H,1,7-10H2,2H3,(H,25,26)/b12-6+,15-5+/t13-,14+,16+. The van der Waals surface area contributed by atoms with Gasteiger partial charge in [-0.2, -0.15) is 9.78 Å². The first-order valence-electron chi connectivity index (χ1n) is 8.87. The Morgan fingerprint density at radius 3 is 2.46 bits per heavy atom. The maximum atomic E-state index is 12.5. The van der Waals surface area contributed by atoms with E-state index in [-0.39, 0.29) is 17.8 Å². The molecule has 1 aliphatic carbocycles. The second kappa shape index (κ2) is 8.41. The zero-order valence-electron chi connectivity index (χ0n) is 15.3. The van der Waals surface area contributed by atoms with Gasteiger partial charge in [0.2, 0.25) is 0 Å². The zero-order chi connectivity index (χ0) is 20.4. The number of hydrogen-bond acceptors (Lipinski definition) is 4. The van der Waals surface area contributed by atoms with Crippen molar-refractivity contribution in [1.82, 2.24) is 14.7 Å². The first-order chi connectivity index (χ1) is 13.2. The van der Waals surface area contributed by atoms with Crippen molar-refractivity contribution in [3.8, 4) is 0 Å². The summed E-state index contributed by atoms with van der Waals surface area (Å²) in [4.78, 5) is 25.2. The highest BCUT2D eigenvalue weighted by Gasteiger charge is 2.43. The number of rotatable bonds is 5. The number of amides is 1. The summed E-state index contributed by atoms with van der Waals surface area (Å²) in [5.74, 6) is 0.253. The lowest BCUT2D eigenvalue weighted by atomic mass is 10.0. The summed E-state index contributed by atoms with van der Waals surface area (Å²) >= 11 is 11.8. The van der Waals surface area contributed by atoms with Gasteiger partial charge in [-0.15, -0.1) is 0 Å². The van der Waals surface area contributed by atoms with Crippen molar-refractivity contribution < 1.29 is 19.4 Å². The monoisotopic (exact) mass is 425 g/mol. The van der Waals surface area contributed by atoms with Crippen LogP contribution < -0.4 is 0 Å². The third kappa shape index (κ3) is 4.77. The van der Waals surface area contributed by atoms with Gasteiger partial charge < -0.3 is 14.7 Å². The molecule has 0 spiro atoms. The van der Waals surface area contributed by atoms with Crippen molar-refractivity contribution in [3.63, 3.8) is 0 Å². The number of ether oxygens (including phenoxy) is 1. The van der Waals surface area contributed by atoms with E-state index in [1.807, 2.05) is 6.92 Å². The highest BCUT2D eigenvalue weighted by atomic mass is 35.5. The Labute approximate surface area is 172 Å². The van der Waals surface area contributed by atoms with Gasteiger partial charge in [-0.25, -0.2) is 9.59 Å². The lowest BCUT2D eigenvalue weighted by Crippen LogP contribution is -2.34. The molecular weight excluding hydrogens is 405 g/mol. The van der Waals surface area contributed by atoms with Crippen molar-refractivity contribution >= 4 is 35.2 Å². The molecule has 0 bridgehead atoms. The second-order valence-electron chi connectivity index (χ2n) is 7.10. The van der Waals surface area contributed by atoms with Crippen molar-refractivity contribution in [2.75, 3.05) is 13.1 Å². The number of hydrogen-bond donors (Lipinski definition) is 1. The molecule has 2 heterocycles. The smallest absolute Gasteiger partial charge is 0.356 e. The molecule has 1 saturated carbocycles. The molecule has 1 N–H and O–H groups in total. The summed E-state index contributed by atoms with van der Waals surface area (Å²) in [5.41, 5.74) is -0.145. The molecule has 3 atom stereocenters. The van der Waals surface area contributed by atoms with Crippen LogP contribution in [-0.2, 0) is 4.74 Å². The predicted octanol–water partition coefficient (Wildman–Crippen LogP) is 4.06. The molecule has 7 nitrogen and oxygen atoms in total. The largest absolute Gasteiger partial charge is 0.495 e. The lowest BCUT2D eigenvalue weighted by molar-refractivity contribution is 0.0689. The number of likely N-dealkylation sites (tertiary alicyclic amines) is 1. The third-order valence-electron chi connectivity index (χ3n) is 4.97. The minimum absolute atomic E-state index is 0.0792. The quantitative estimate of drug-likeness (QED) is 0.567. The van der Waals surface area contributed by atoms with Gasteiger partial charge in [0.25, 0.3) is 0 Å². The summed E-state index contributed by atoms with van der Waals surface area (Å²) in [6.45, 7) is 6.63. The Hall–Kier alpha value is -2.25. The maximum Gasteiger partial charge on any atom is 0.356 e. The average molecular weight is 426 g/mol. The fourth-order valence-electron chi connectivity index (χ4n) is 3.87. The number of fused-ring (bicyclic) bond motifs is 1. The number of aromatic nitrogens is 2. The molecule has 1 aromatic heterocycles. The molecular formula is C19H21Cl2N3O4. The van der Waals surface area contributed by atoms with Crippen LogP contribution in [0.2, 0.25) is 0 Å². The summed E-state index contributed by atoms with van der Waals surface area (Å²) in [7, 11) is 0. The summed E-state index contributed by atoms with van der Waals surface area (Å²) in [5, 5.41) is 13.5. The number of carbonyl (C=O) groups excluding carboxylic acids is 1. The van der Waals surface area contributed by atoms with Gasteiger partial charge in [-0.3, -0.25) is 0 Å². The maximum absolute atomic E-state index is 12.5. The summed E-state index contributed by atoms with van der Waals surface area (Å²) in [6, 6.07) is 1.02. The fraction of sp³-hybridized carbons (Fsp3) is 0.421. The van der Waals surface area contributed by atoms with E-state index in [9.17, 15) is 9.59 Å². The minimum atomic E-state index is -1.15. The number of carboxylic acids is 1.